The summed E-state index contributed by atoms with van der Waals surface area (Å²) in [7, 11) is 0. The maximum atomic E-state index is 8.85. The Hall–Kier alpha value is -1.86. The Kier molecular flexibility index (Phi) is 6.04. The minimum absolute atomic E-state index is 0. The van der Waals surface area contributed by atoms with Gasteiger partial charge in [-0.05, 0) is 19.1 Å². The second-order valence-corrected chi connectivity index (χ2v) is 3.95. The van der Waals surface area contributed by atoms with E-state index in [-0.39, 0.29) is 17.0 Å². The van der Waals surface area contributed by atoms with Gasteiger partial charge >= 0.3 is 0 Å². The fraction of sp³-hybridized carbons (Fsp3) is 0.200. The zero-order valence-corrected chi connectivity index (χ0v) is 12.3. The van der Waals surface area contributed by atoms with E-state index < -0.39 is 0 Å². The Morgan fingerprint density at radius 2 is 1.95 bits per heavy atom. The average Bonchev–Trinajstić information content (AvgIpc) is 2.42. The van der Waals surface area contributed by atoms with Crippen LogP contribution in [0.3, 0.4) is 0 Å². The molecule has 0 bridgehead atoms. The van der Waals surface area contributed by atoms with E-state index in [2.05, 4.69) is 10.6 Å². The van der Waals surface area contributed by atoms with Gasteiger partial charge in [0.1, 0.15) is 5.75 Å². The number of nitriles is 1. The van der Waals surface area contributed by atoms with Crippen molar-refractivity contribution < 1.29 is 26.3 Å². The molecule has 0 radical (unpaired) electrons. The first-order valence-corrected chi connectivity index (χ1v) is 5.93. The van der Waals surface area contributed by atoms with Crippen LogP contribution in [0.15, 0.2) is 48.8 Å². The predicted octanol–water partition coefficient (Wildman–Crippen LogP) is -0.703. The zero-order valence-electron chi connectivity index (χ0n) is 10.7. The van der Waals surface area contributed by atoms with E-state index in [1.165, 1.54) is 0 Å². The Labute approximate surface area is 123 Å². The zero-order chi connectivity index (χ0) is 12.8. The van der Waals surface area contributed by atoms with Crippen molar-refractivity contribution >= 4 is 0 Å². The van der Waals surface area contributed by atoms with E-state index in [1.54, 1.807) is 0 Å². The molecular weight excluding hydrogens is 304 g/mol. The summed E-state index contributed by atoms with van der Waals surface area (Å²) in [6.45, 7) is 3.39. The van der Waals surface area contributed by atoms with Gasteiger partial charge in [-0.2, -0.15) is 5.26 Å². The molecular formula is C15H15BrN2O. The van der Waals surface area contributed by atoms with Gasteiger partial charge in [0, 0.05) is 17.7 Å². The Morgan fingerprint density at radius 3 is 2.58 bits per heavy atom. The molecule has 0 amide bonds. The van der Waals surface area contributed by atoms with Gasteiger partial charge in [-0.25, -0.2) is 4.57 Å². The largest absolute Gasteiger partial charge is 1.00 e. The van der Waals surface area contributed by atoms with Gasteiger partial charge in [-0.3, -0.25) is 0 Å². The van der Waals surface area contributed by atoms with Crippen LogP contribution in [0.5, 0.6) is 5.75 Å². The number of benzene rings is 1. The lowest BCUT2D eigenvalue weighted by Crippen LogP contribution is -3.00. The van der Waals surface area contributed by atoms with Gasteiger partial charge in [-0.15, -0.1) is 0 Å². The monoisotopic (exact) mass is 318 g/mol. The highest BCUT2D eigenvalue weighted by Gasteiger charge is 2.04. The number of rotatable bonds is 4. The molecule has 0 saturated carbocycles. The minimum Gasteiger partial charge on any atom is -1.00 e. The Morgan fingerprint density at radius 1 is 1.21 bits per heavy atom. The van der Waals surface area contributed by atoms with Crippen LogP contribution in [0, 0.1) is 11.3 Å². The van der Waals surface area contributed by atoms with Crippen molar-refractivity contribution in [2.24, 2.45) is 0 Å². The Balaban J connectivity index is 0.00000180. The van der Waals surface area contributed by atoms with Gasteiger partial charge in [0.05, 0.1) is 18.2 Å². The summed E-state index contributed by atoms with van der Waals surface area (Å²) in [4.78, 5) is 0. The van der Waals surface area contributed by atoms with Gasteiger partial charge in [0.2, 0.25) is 0 Å². The van der Waals surface area contributed by atoms with Crippen molar-refractivity contribution in [3.05, 3.63) is 59.9 Å². The number of hydrogen-bond acceptors (Lipinski definition) is 2. The van der Waals surface area contributed by atoms with Gasteiger partial charge in [-0.1, -0.05) is 12.1 Å². The maximum Gasteiger partial charge on any atom is 0.173 e. The molecule has 0 aliphatic heterocycles. The molecule has 4 heteroatoms. The van der Waals surface area contributed by atoms with Crippen molar-refractivity contribution in [3.63, 3.8) is 0 Å². The van der Waals surface area contributed by atoms with Crippen LogP contribution in [0.25, 0.3) is 0 Å². The third-order valence-corrected chi connectivity index (χ3v) is 2.59. The number of pyridine rings is 1. The third-order valence-electron chi connectivity index (χ3n) is 2.59. The second-order valence-electron chi connectivity index (χ2n) is 3.95. The van der Waals surface area contributed by atoms with Crippen LogP contribution >= 0.6 is 0 Å². The minimum atomic E-state index is 0. The lowest BCUT2D eigenvalue weighted by molar-refractivity contribution is -0.688. The normalized spacial score (nSPS) is 9.26. The summed E-state index contributed by atoms with van der Waals surface area (Å²) in [5, 5.41) is 8.85. The molecule has 19 heavy (non-hydrogen) atoms. The number of ether oxygens (including phenoxy) is 1. The average molecular weight is 319 g/mol. The molecule has 1 aromatic heterocycles. The summed E-state index contributed by atoms with van der Waals surface area (Å²) in [5.74, 6) is 0.875. The van der Waals surface area contributed by atoms with E-state index in [0.29, 0.717) is 12.2 Å². The molecule has 0 unspecified atom stereocenters. The topological polar surface area (TPSA) is 36.9 Å². The van der Waals surface area contributed by atoms with E-state index in [9.17, 15) is 0 Å². The van der Waals surface area contributed by atoms with Crippen LogP contribution < -0.4 is 26.3 Å². The van der Waals surface area contributed by atoms with Gasteiger partial charge in [0.15, 0.2) is 18.9 Å². The highest BCUT2D eigenvalue weighted by molar-refractivity contribution is 5.32. The molecule has 98 valence electrons. The summed E-state index contributed by atoms with van der Waals surface area (Å²) < 4.78 is 7.45. The summed E-state index contributed by atoms with van der Waals surface area (Å²) >= 11 is 0. The smallest absolute Gasteiger partial charge is 0.173 e. The maximum absolute atomic E-state index is 8.85. The van der Waals surface area contributed by atoms with E-state index in [4.69, 9.17) is 10.00 Å². The summed E-state index contributed by atoms with van der Waals surface area (Å²) in [6, 6.07) is 13.7. The van der Waals surface area contributed by atoms with E-state index in [1.807, 2.05) is 55.7 Å². The number of halogens is 1. The quantitative estimate of drug-likeness (QED) is 0.699. The molecule has 2 rings (SSSR count). The first kappa shape index (κ1) is 15.2. The molecule has 3 nitrogen and oxygen atoms in total. The lowest BCUT2D eigenvalue weighted by atomic mass is 10.1. The van der Waals surface area contributed by atoms with Crippen LogP contribution in [0.4, 0.5) is 0 Å². The molecule has 0 aliphatic carbocycles. The number of nitrogens with zero attached hydrogens (tertiary/aromatic N) is 2. The molecule has 0 aliphatic rings. The highest BCUT2D eigenvalue weighted by atomic mass is 79.9. The van der Waals surface area contributed by atoms with Crippen LogP contribution in [-0.2, 0) is 6.54 Å². The molecule has 2 aromatic rings. The Bertz CT molecular complexity index is 561. The SMILES string of the molecule is CCOc1cc[n+](Cc2cccc(C#N)c2)cc1.[Br-]. The fourth-order valence-electron chi connectivity index (χ4n) is 1.76. The van der Waals surface area contributed by atoms with Crippen molar-refractivity contribution in [2.45, 2.75) is 13.5 Å². The van der Waals surface area contributed by atoms with Crippen molar-refractivity contribution in [3.8, 4) is 11.8 Å². The second kappa shape index (κ2) is 7.55. The number of hydrogen-bond donors (Lipinski definition) is 0. The number of aromatic nitrogens is 1. The first-order chi connectivity index (χ1) is 8.81. The lowest BCUT2D eigenvalue weighted by Gasteiger charge is -2.02. The van der Waals surface area contributed by atoms with Gasteiger partial charge in [0.25, 0.3) is 0 Å². The third kappa shape index (κ3) is 4.38. The first-order valence-electron chi connectivity index (χ1n) is 5.93. The molecule has 0 saturated heterocycles. The van der Waals surface area contributed by atoms with Gasteiger partial charge < -0.3 is 21.7 Å². The van der Waals surface area contributed by atoms with Crippen LogP contribution in [0.1, 0.15) is 18.1 Å². The van der Waals surface area contributed by atoms with E-state index in [0.717, 1.165) is 17.9 Å². The molecule has 1 aromatic carbocycles. The fourth-order valence-corrected chi connectivity index (χ4v) is 1.76. The summed E-state index contributed by atoms with van der Waals surface area (Å²) in [6.07, 6.45) is 3.95. The molecule has 0 N–H and O–H groups in total. The molecule has 0 spiro atoms. The standard InChI is InChI=1S/C15H15N2O.BrH/c1-2-18-15-6-8-17(9-7-15)12-14-5-3-4-13(10-14)11-16;/h3-10H,2,12H2,1H3;1H/q+1;/p-1. The van der Waals surface area contributed by atoms with E-state index >= 15 is 0 Å². The van der Waals surface area contributed by atoms with Crippen LogP contribution in [-0.4, -0.2) is 6.61 Å². The van der Waals surface area contributed by atoms with Crippen molar-refractivity contribution in [2.75, 3.05) is 6.61 Å². The van der Waals surface area contributed by atoms with Crippen molar-refractivity contribution in [1.82, 2.24) is 0 Å². The van der Waals surface area contributed by atoms with Crippen LogP contribution in [0.2, 0.25) is 0 Å². The summed E-state index contributed by atoms with van der Waals surface area (Å²) in [5.41, 5.74) is 1.81. The molecule has 0 fully saturated rings. The molecule has 1 heterocycles. The van der Waals surface area contributed by atoms with Crippen molar-refractivity contribution in [1.29, 1.82) is 5.26 Å². The molecule has 0 atom stereocenters. The highest BCUT2D eigenvalue weighted by Crippen LogP contribution is 2.07. The predicted molar refractivity (Wildman–Crippen MR) is 68.1 cm³/mol.